The molecule has 0 spiro atoms. The molecule has 0 aromatic rings. The standard InChI is InChI=1S/C7H10F2O2/c1-4(6(10)11)2-5-3-7(5,8)9/h4-5H,2-3H2,1H3,(H,10,11)/t4-,5?/m0/s1. The molecule has 2 nitrogen and oxygen atoms in total. The van der Waals surface area contributed by atoms with Gasteiger partial charge in [-0.05, 0) is 6.42 Å². The maximum absolute atomic E-state index is 12.2. The lowest BCUT2D eigenvalue weighted by molar-refractivity contribution is -0.141. The van der Waals surface area contributed by atoms with E-state index in [-0.39, 0.29) is 12.8 Å². The Balaban J connectivity index is 2.29. The molecule has 0 radical (unpaired) electrons. The molecular weight excluding hydrogens is 154 g/mol. The van der Waals surface area contributed by atoms with E-state index >= 15 is 0 Å². The SMILES string of the molecule is C[C@@H](CC1CC1(F)F)C(=O)O. The summed E-state index contributed by atoms with van der Waals surface area (Å²) in [7, 11) is 0. The van der Waals surface area contributed by atoms with E-state index < -0.39 is 23.7 Å². The van der Waals surface area contributed by atoms with Crippen LogP contribution >= 0.6 is 0 Å². The Morgan fingerprint density at radius 3 is 2.55 bits per heavy atom. The van der Waals surface area contributed by atoms with Gasteiger partial charge in [0.2, 0.25) is 0 Å². The molecule has 1 N–H and O–H groups in total. The molecule has 0 heterocycles. The smallest absolute Gasteiger partial charge is 0.306 e. The average molecular weight is 164 g/mol. The molecule has 4 heteroatoms. The molecule has 0 aromatic heterocycles. The van der Waals surface area contributed by atoms with Crippen molar-refractivity contribution in [1.82, 2.24) is 0 Å². The molecule has 1 fully saturated rings. The van der Waals surface area contributed by atoms with E-state index in [4.69, 9.17) is 5.11 Å². The van der Waals surface area contributed by atoms with Gasteiger partial charge in [-0.1, -0.05) is 6.92 Å². The molecule has 0 amide bonds. The van der Waals surface area contributed by atoms with Gasteiger partial charge in [-0.15, -0.1) is 0 Å². The zero-order chi connectivity index (χ0) is 8.65. The molecule has 1 aliphatic rings. The van der Waals surface area contributed by atoms with Gasteiger partial charge in [0, 0.05) is 12.3 Å². The summed E-state index contributed by atoms with van der Waals surface area (Å²) in [4.78, 5) is 10.2. The van der Waals surface area contributed by atoms with Crippen LogP contribution < -0.4 is 0 Å². The van der Waals surface area contributed by atoms with E-state index in [9.17, 15) is 13.6 Å². The zero-order valence-corrected chi connectivity index (χ0v) is 6.18. The molecule has 1 saturated carbocycles. The third-order valence-electron chi connectivity index (χ3n) is 2.02. The van der Waals surface area contributed by atoms with Gasteiger partial charge in [-0.2, -0.15) is 0 Å². The summed E-state index contributed by atoms with van der Waals surface area (Å²) in [6.45, 7) is 1.46. The normalized spacial score (nSPS) is 29.5. The van der Waals surface area contributed by atoms with Crippen molar-refractivity contribution in [3.63, 3.8) is 0 Å². The molecule has 0 aromatic carbocycles. The molecular formula is C7H10F2O2. The van der Waals surface area contributed by atoms with Crippen LogP contribution in [0.15, 0.2) is 0 Å². The first-order valence-corrected chi connectivity index (χ1v) is 3.54. The fourth-order valence-corrected chi connectivity index (χ4v) is 1.05. The van der Waals surface area contributed by atoms with Crippen LogP contribution in [-0.2, 0) is 4.79 Å². The second kappa shape index (κ2) is 2.43. The summed E-state index contributed by atoms with van der Waals surface area (Å²) >= 11 is 0. The Morgan fingerprint density at radius 2 is 2.27 bits per heavy atom. The number of carbonyl (C=O) groups is 1. The van der Waals surface area contributed by atoms with Gasteiger partial charge in [0.1, 0.15) is 0 Å². The van der Waals surface area contributed by atoms with Gasteiger partial charge in [-0.3, -0.25) is 4.79 Å². The summed E-state index contributed by atoms with van der Waals surface area (Å²) in [5.74, 6) is -4.90. The van der Waals surface area contributed by atoms with Gasteiger partial charge in [0.25, 0.3) is 5.92 Å². The fourth-order valence-electron chi connectivity index (χ4n) is 1.05. The summed E-state index contributed by atoms with van der Waals surface area (Å²) in [6, 6.07) is 0. The van der Waals surface area contributed by atoms with Crippen molar-refractivity contribution in [3.8, 4) is 0 Å². The van der Waals surface area contributed by atoms with Crippen molar-refractivity contribution in [2.75, 3.05) is 0 Å². The third kappa shape index (κ3) is 1.88. The zero-order valence-electron chi connectivity index (χ0n) is 6.18. The number of aliphatic carboxylic acids is 1. The van der Waals surface area contributed by atoms with E-state index in [1.54, 1.807) is 0 Å². The minimum Gasteiger partial charge on any atom is -0.481 e. The lowest BCUT2D eigenvalue weighted by Crippen LogP contribution is -2.11. The maximum atomic E-state index is 12.2. The van der Waals surface area contributed by atoms with Crippen molar-refractivity contribution in [2.45, 2.75) is 25.7 Å². The molecule has 0 saturated heterocycles. The Kier molecular flexibility index (Phi) is 1.86. The Labute approximate surface area is 63.2 Å². The Morgan fingerprint density at radius 1 is 1.82 bits per heavy atom. The van der Waals surface area contributed by atoms with Crippen LogP contribution in [0.5, 0.6) is 0 Å². The van der Waals surface area contributed by atoms with E-state index in [0.717, 1.165) is 0 Å². The van der Waals surface area contributed by atoms with Crippen molar-refractivity contribution < 1.29 is 18.7 Å². The van der Waals surface area contributed by atoms with E-state index in [1.807, 2.05) is 0 Å². The van der Waals surface area contributed by atoms with Gasteiger partial charge in [-0.25, -0.2) is 8.78 Å². The first kappa shape index (κ1) is 8.43. The summed E-state index contributed by atoms with van der Waals surface area (Å²) in [6.07, 6.45) is -0.0348. The van der Waals surface area contributed by atoms with E-state index in [1.165, 1.54) is 6.92 Å². The second-order valence-corrected chi connectivity index (χ2v) is 3.14. The lowest BCUT2D eigenvalue weighted by atomic mass is 10.1. The van der Waals surface area contributed by atoms with Crippen LogP contribution in [0.2, 0.25) is 0 Å². The van der Waals surface area contributed by atoms with E-state index in [2.05, 4.69) is 0 Å². The highest BCUT2D eigenvalue weighted by atomic mass is 19.3. The third-order valence-corrected chi connectivity index (χ3v) is 2.02. The van der Waals surface area contributed by atoms with Crippen molar-refractivity contribution in [3.05, 3.63) is 0 Å². The topological polar surface area (TPSA) is 37.3 Å². The first-order chi connectivity index (χ1) is 4.93. The molecule has 0 aliphatic heterocycles. The van der Waals surface area contributed by atoms with Crippen LogP contribution in [-0.4, -0.2) is 17.0 Å². The predicted molar refractivity (Wildman–Crippen MR) is 34.5 cm³/mol. The molecule has 0 bridgehead atoms. The molecule has 2 atom stereocenters. The predicted octanol–water partition coefficient (Wildman–Crippen LogP) is 1.75. The number of carboxylic acids is 1. The highest BCUT2D eigenvalue weighted by Crippen LogP contribution is 2.51. The highest BCUT2D eigenvalue weighted by Gasteiger charge is 2.56. The average Bonchev–Trinajstić information content (AvgIpc) is 2.39. The van der Waals surface area contributed by atoms with Gasteiger partial charge in [0.15, 0.2) is 0 Å². The molecule has 1 aliphatic carbocycles. The Hall–Kier alpha value is -0.670. The van der Waals surface area contributed by atoms with Gasteiger partial charge < -0.3 is 5.11 Å². The number of carboxylic acid groups (broad SMARTS) is 1. The number of hydrogen-bond donors (Lipinski definition) is 1. The van der Waals surface area contributed by atoms with Crippen LogP contribution in [0.25, 0.3) is 0 Å². The molecule has 11 heavy (non-hydrogen) atoms. The quantitative estimate of drug-likeness (QED) is 0.689. The van der Waals surface area contributed by atoms with Crippen molar-refractivity contribution in [1.29, 1.82) is 0 Å². The monoisotopic (exact) mass is 164 g/mol. The molecule has 1 unspecified atom stereocenters. The number of rotatable bonds is 3. The maximum Gasteiger partial charge on any atom is 0.306 e. The second-order valence-electron chi connectivity index (χ2n) is 3.14. The first-order valence-electron chi connectivity index (χ1n) is 3.54. The van der Waals surface area contributed by atoms with Crippen LogP contribution in [0.4, 0.5) is 8.78 Å². The van der Waals surface area contributed by atoms with Crippen molar-refractivity contribution in [2.24, 2.45) is 11.8 Å². The largest absolute Gasteiger partial charge is 0.481 e. The Bertz CT molecular complexity index is 179. The van der Waals surface area contributed by atoms with E-state index in [0.29, 0.717) is 0 Å². The molecule has 64 valence electrons. The van der Waals surface area contributed by atoms with Gasteiger partial charge in [0.05, 0.1) is 5.92 Å². The minimum absolute atomic E-state index is 0.0995. The summed E-state index contributed by atoms with van der Waals surface area (Å²) in [5, 5.41) is 8.38. The van der Waals surface area contributed by atoms with Crippen LogP contribution in [0.1, 0.15) is 19.8 Å². The number of alkyl halides is 2. The van der Waals surface area contributed by atoms with Crippen molar-refractivity contribution >= 4 is 5.97 Å². The summed E-state index contributed by atoms with van der Waals surface area (Å²) < 4.78 is 24.5. The highest BCUT2D eigenvalue weighted by molar-refractivity contribution is 5.69. The van der Waals surface area contributed by atoms with Gasteiger partial charge >= 0.3 is 5.97 Å². The number of hydrogen-bond acceptors (Lipinski definition) is 1. The number of halogens is 2. The lowest BCUT2D eigenvalue weighted by Gasteiger charge is -2.03. The molecule has 1 rings (SSSR count). The minimum atomic E-state index is -2.58. The summed E-state index contributed by atoms with van der Waals surface area (Å²) in [5.41, 5.74) is 0. The van der Waals surface area contributed by atoms with Crippen LogP contribution in [0, 0.1) is 11.8 Å². The fraction of sp³-hybridized carbons (Fsp3) is 0.857. The van der Waals surface area contributed by atoms with Crippen LogP contribution in [0.3, 0.4) is 0 Å².